The third-order valence-electron chi connectivity index (χ3n) is 2.20. The van der Waals surface area contributed by atoms with Crippen LogP contribution in [0.25, 0.3) is 0 Å². The minimum Gasteiger partial charge on any atom is -0.342 e. The van der Waals surface area contributed by atoms with Gasteiger partial charge in [0.1, 0.15) is 0 Å². The second kappa shape index (κ2) is 4.71. The lowest BCUT2D eigenvalue weighted by atomic mass is 9.95. The lowest BCUT2D eigenvalue weighted by Gasteiger charge is -2.17. The molecule has 13 heavy (non-hydrogen) atoms. The molecular formula is C11H15NO. The molecule has 1 amide bonds. The van der Waals surface area contributed by atoms with E-state index in [1.54, 1.807) is 0 Å². The minimum atomic E-state index is -0.164. The summed E-state index contributed by atoms with van der Waals surface area (Å²) in [6.07, 6.45) is 12.3. The van der Waals surface area contributed by atoms with Crippen molar-refractivity contribution in [3.63, 3.8) is 0 Å². The molecule has 0 fully saturated rings. The van der Waals surface area contributed by atoms with Gasteiger partial charge >= 0.3 is 0 Å². The zero-order chi connectivity index (χ0) is 9.68. The van der Waals surface area contributed by atoms with Crippen LogP contribution in [0.5, 0.6) is 0 Å². The van der Waals surface area contributed by atoms with Crippen LogP contribution in [0.1, 0.15) is 26.2 Å². The highest BCUT2D eigenvalue weighted by Gasteiger charge is 2.17. The van der Waals surface area contributed by atoms with E-state index in [1.807, 2.05) is 13.0 Å². The fourth-order valence-corrected chi connectivity index (χ4v) is 1.39. The first kappa shape index (κ1) is 9.85. The Morgan fingerprint density at radius 2 is 2.54 bits per heavy atom. The zero-order valence-corrected chi connectivity index (χ0v) is 7.92. The van der Waals surface area contributed by atoms with Gasteiger partial charge in [-0.1, -0.05) is 18.1 Å². The monoisotopic (exact) mass is 177 g/mol. The predicted octanol–water partition coefficient (Wildman–Crippen LogP) is 1.48. The summed E-state index contributed by atoms with van der Waals surface area (Å²) >= 11 is 0. The SMILES string of the molecule is C#CC(C)NC(=O)C1C=CCCC1. The van der Waals surface area contributed by atoms with Crippen LogP contribution in [-0.2, 0) is 4.79 Å². The maximum absolute atomic E-state index is 11.5. The lowest BCUT2D eigenvalue weighted by molar-refractivity contribution is -0.124. The summed E-state index contributed by atoms with van der Waals surface area (Å²) in [4.78, 5) is 11.5. The first-order chi connectivity index (χ1) is 6.24. The van der Waals surface area contributed by atoms with Crippen LogP contribution in [-0.4, -0.2) is 11.9 Å². The number of carbonyl (C=O) groups is 1. The first-order valence-electron chi connectivity index (χ1n) is 4.67. The van der Waals surface area contributed by atoms with Crippen molar-refractivity contribution in [3.8, 4) is 12.3 Å². The Balaban J connectivity index is 2.43. The molecule has 0 saturated carbocycles. The van der Waals surface area contributed by atoms with E-state index in [-0.39, 0.29) is 17.9 Å². The van der Waals surface area contributed by atoms with Crippen LogP contribution in [0, 0.1) is 18.3 Å². The highest BCUT2D eigenvalue weighted by Crippen LogP contribution is 2.16. The Morgan fingerprint density at radius 1 is 1.77 bits per heavy atom. The third-order valence-corrected chi connectivity index (χ3v) is 2.20. The quantitative estimate of drug-likeness (QED) is 0.502. The maximum atomic E-state index is 11.5. The highest BCUT2D eigenvalue weighted by molar-refractivity contribution is 5.81. The summed E-state index contributed by atoms with van der Waals surface area (Å²) in [5, 5.41) is 2.77. The summed E-state index contributed by atoms with van der Waals surface area (Å²) < 4.78 is 0. The molecule has 0 saturated heterocycles. The Labute approximate surface area is 79.4 Å². The van der Waals surface area contributed by atoms with Gasteiger partial charge < -0.3 is 5.32 Å². The Morgan fingerprint density at radius 3 is 3.08 bits per heavy atom. The lowest BCUT2D eigenvalue weighted by Crippen LogP contribution is -2.36. The Kier molecular flexibility index (Phi) is 3.57. The number of rotatable bonds is 2. The molecule has 0 aromatic rings. The number of nitrogens with one attached hydrogen (secondary N) is 1. The molecule has 1 rings (SSSR count). The van der Waals surface area contributed by atoms with Crippen molar-refractivity contribution in [2.45, 2.75) is 32.2 Å². The number of amides is 1. The third kappa shape index (κ3) is 2.95. The molecule has 70 valence electrons. The fraction of sp³-hybridized carbons (Fsp3) is 0.545. The normalized spacial score (nSPS) is 23.2. The van der Waals surface area contributed by atoms with E-state index in [2.05, 4.69) is 17.3 Å². The maximum Gasteiger partial charge on any atom is 0.227 e. The van der Waals surface area contributed by atoms with Crippen molar-refractivity contribution in [1.29, 1.82) is 0 Å². The molecule has 0 radical (unpaired) electrons. The number of terminal acetylenes is 1. The van der Waals surface area contributed by atoms with Gasteiger partial charge in [-0.15, -0.1) is 6.42 Å². The average Bonchev–Trinajstić information content (AvgIpc) is 2.19. The van der Waals surface area contributed by atoms with E-state index in [1.165, 1.54) is 0 Å². The molecule has 1 N–H and O–H groups in total. The summed E-state index contributed by atoms with van der Waals surface area (Å²) in [6, 6.07) is -0.164. The van der Waals surface area contributed by atoms with Crippen LogP contribution in [0.2, 0.25) is 0 Å². The molecule has 0 aliphatic heterocycles. The van der Waals surface area contributed by atoms with E-state index >= 15 is 0 Å². The fourth-order valence-electron chi connectivity index (χ4n) is 1.39. The van der Waals surface area contributed by atoms with Crippen LogP contribution >= 0.6 is 0 Å². The molecule has 2 atom stereocenters. The summed E-state index contributed by atoms with van der Waals surface area (Å²) in [5.74, 6) is 2.57. The van der Waals surface area contributed by atoms with Crippen LogP contribution < -0.4 is 5.32 Å². The molecule has 0 aromatic heterocycles. The zero-order valence-electron chi connectivity index (χ0n) is 7.92. The van der Waals surface area contributed by atoms with E-state index in [0.717, 1.165) is 19.3 Å². The molecule has 0 spiro atoms. The van der Waals surface area contributed by atoms with E-state index in [0.29, 0.717) is 0 Å². The van der Waals surface area contributed by atoms with Crippen molar-refractivity contribution in [1.82, 2.24) is 5.32 Å². The van der Waals surface area contributed by atoms with Crippen LogP contribution in [0.4, 0.5) is 0 Å². The van der Waals surface area contributed by atoms with Crippen LogP contribution in [0.15, 0.2) is 12.2 Å². The first-order valence-corrected chi connectivity index (χ1v) is 4.67. The van der Waals surface area contributed by atoms with Gasteiger partial charge in [-0.3, -0.25) is 4.79 Å². The van der Waals surface area contributed by atoms with Gasteiger partial charge in [-0.2, -0.15) is 0 Å². The predicted molar refractivity (Wildman–Crippen MR) is 52.9 cm³/mol. The standard InChI is InChI=1S/C11H15NO/c1-3-9(2)12-11(13)10-7-5-4-6-8-10/h1,5,7,9-10H,4,6,8H2,2H3,(H,12,13). The number of hydrogen-bond acceptors (Lipinski definition) is 1. The van der Waals surface area contributed by atoms with Gasteiger partial charge in [0.2, 0.25) is 5.91 Å². The van der Waals surface area contributed by atoms with Gasteiger partial charge in [-0.05, 0) is 26.2 Å². The molecule has 0 heterocycles. The number of hydrogen-bond donors (Lipinski definition) is 1. The molecular weight excluding hydrogens is 162 g/mol. The van der Waals surface area contributed by atoms with Gasteiger partial charge in [-0.25, -0.2) is 0 Å². The Hall–Kier alpha value is -1.23. The minimum absolute atomic E-state index is 0.0320. The highest BCUT2D eigenvalue weighted by atomic mass is 16.1. The van der Waals surface area contributed by atoms with E-state index in [9.17, 15) is 4.79 Å². The van der Waals surface area contributed by atoms with Crippen molar-refractivity contribution in [3.05, 3.63) is 12.2 Å². The molecule has 1 aliphatic carbocycles. The largest absolute Gasteiger partial charge is 0.342 e. The molecule has 0 bridgehead atoms. The van der Waals surface area contributed by atoms with Crippen molar-refractivity contribution in [2.24, 2.45) is 5.92 Å². The number of allylic oxidation sites excluding steroid dienone is 1. The van der Waals surface area contributed by atoms with Crippen molar-refractivity contribution < 1.29 is 4.79 Å². The van der Waals surface area contributed by atoms with Gasteiger partial charge in [0.05, 0.1) is 12.0 Å². The molecule has 0 aromatic carbocycles. The second-order valence-corrected chi connectivity index (χ2v) is 3.36. The van der Waals surface area contributed by atoms with Gasteiger partial charge in [0.25, 0.3) is 0 Å². The average molecular weight is 177 g/mol. The second-order valence-electron chi connectivity index (χ2n) is 3.36. The van der Waals surface area contributed by atoms with Crippen molar-refractivity contribution in [2.75, 3.05) is 0 Å². The summed E-state index contributed by atoms with van der Waals surface area (Å²) in [6.45, 7) is 1.81. The topological polar surface area (TPSA) is 29.1 Å². The van der Waals surface area contributed by atoms with E-state index < -0.39 is 0 Å². The van der Waals surface area contributed by atoms with Gasteiger partial charge in [0.15, 0.2) is 0 Å². The number of carbonyl (C=O) groups excluding carboxylic acids is 1. The molecule has 1 aliphatic rings. The molecule has 2 unspecified atom stereocenters. The van der Waals surface area contributed by atoms with Crippen molar-refractivity contribution >= 4 is 5.91 Å². The Bertz CT molecular complexity index is 249. The molecule has 2 heteroatoms. The van der Waals surface area contributed by atoms with Crippen LogP contribution in [0.3, 0.4) is 0 Å². The van der Waals surface area contributed by atoms with E-state index in [4.69, 9.17) is 6.42 Å². The smallest absolute Gasteiger partial charge is 0.227 e. The van der Waals surface area contributed by atoms with Gasteiger partial charge in [0, 0.05) is 0 Å². The molecule has 2 nitrogen and oxygen atoms in total. The summed E-state index contributed by atoms with van der Waals surface area (Å²) in [7, 11) is 0. The summed E-state index contributed by atoms with van der Waals surface area (Å²) in [5.41, 5.74) is 0.